The number of nitrogens with zero attached hydrogens (tertiary/aromatic N) is 1. The molecule has 1 N–H and O–H groups in total. The van der Waals surface area contributed by atoms with Gasteiger partial charge in [-0.2, -0.15) is 0 Å². The number of aromatic nitrogens is 2. The van der Waals surface area contributed by atoms with Crippen LogP contribution in [0.3, 0.4) is 0 Å². The average Bonchev–Trinajstić information content (AvgIpc) is 2.95. The molecule has 9 heteroatoms. The molecule has 1 unspecified atom stereocenters. The average molecular weight is 329 g/mol. The number of rotatable bonds is 7. The standard InChI is InChI=1S/C13H17N2O6P/c1-3-6-19-22(18)20-8-10-4-5-11(21-10)15-7-9(2)12(16)14-13(15)17/h4-5,7,10-11H,3,6,8H2,1-2H3/p+1/t10-,11+/m0/s1. The molecule has 0 spiro atoms. The van der Waals surface area contributed by atoms with Gasteiger partial charge in [0, 0.05) is 16.3 Å². The van der Waals surface area contributed by atoms with E-state index in [1.165, 1.54) is 10.8 Å². The fourth-order valence-corrected chi connectivity index (χ4v) is 2.53. The largest absolute Gasteiger partial charge is 0.697 e. The fraction of sp³-hybridized carbons (Fsp3) is 0.538. The van der Waals surface area contributed by atoms with Gasteiger partial charge in [-0.05, 0) is 19.4 Å². The Morgan fingerprint density at radius 2 is 2.14 bits per heavy atom. The van der Waals surface area contributed by atoms with Crippen molar-refractivity contribution in [3.63, 3.8) is 0 Å². The van der Waals surface area contributed by atoms with Gasteiger partial charge in [-0.1, -0.05) is 13.0 Å². The van der Waals surface area contributed by atoms with E-state index >= 15 is 0 Å². The zero-order chi connectivity index (χ0) is 16.1. The molecule has 0 radical (unpaired) electrons. The molecule has 1 aliphatic heterocycles. The number of hydrogen-bond acceptors (Lipinski definition) is 6. The van der Waals surface area contributed by atoms with Crippen LogP contribution in [0, 0.1) is 6.92 Å². The minimum atomic E-state index is -2.17. The van der Waals surface area contributed by atoms with Crippen LogP contribution >= 0.6 is 8.25 Å². The second-order valence-corrected chi connectivity index (χ2v) is 5.74. The molecule has 0 amide bonds. The molecule has 2 heterocycles. The van der Waals surface area contributed by atoms with Crippen molar-refractivity contribution in [2.24, 2.45) is 0 Å². The third-order valence-corrected chi connectivity index (χ3v) is 3.72. The Morgan fingerprint density at radius 1 is 1.36 bits per heavy atom. The summed E-state index contributed by atoms with van der Waals surface area (Å²) in [5.74, 6) is 0. The first kappa shape index (κ1) is 16.8. The Hall–Kier alpha value is -1.60. The maximum atomic E-state index is 11.8. The van der Waals surface area contributed by atoms with Gasteiger partial charge in [-0.15, -0.1) is 9.05 Å². The summed E-state index contributed by atoms with van der Waals surface area (Å²) >= 11 is 0. The number of ether oxygens (including phenoxy) is 1. The lowest BCUT2D eigenvalue weighted by Crippen LogP contribution is -2.33. The zero-order valence-corrected chi connectivity index (χ0v) is 13.2. The van der Waals surface area contributed by atoms with Crippen LogP contribution in [0.5, 0.6) is 0 Å². The Kier molecular flexibility index (Phi) is 5.79. The molecule has 0 bridgehead atoms. The first-order valence-corrected chi connectivity index (χ1v) is 7.99. The Labute approximate surface area is 127 Å². The summed E-state index contributed by atoms with van der Waals surface area (Å²) in [5, 5.41) is 0. The van der Waals surface area contributed by atoms with Crippen molar-refractivity contribution in [3.8, 4) is 0 Å². The van der Waals surface area contributed by atoms with E-state index in [1.54, 1.807) is 19.1 Å². The third kappa shape index (κ3) is 4.20. The molecule has 3 atom stereocenters. The van der Waals surface area contributed by atoms with Gasteiger partial charge in [-0.25, -0.2) is 4.79 Å². The first-order valence-electron chi connectivity index (χ1n) is 6.90. The van der Waals surface area contributed by atoms with Gasteiger partial charge in [0.05, 0.1) is 0 Å². The fourth-order valence-electron chi connectivity index (χ4n) is 1.85. The minimum absolute atomic E-state index is 0.0585. The van der Waals surface area contributed by atoms with Gasteiger partial charge >= 0.3 is 13.9 Å². The Balaban J connectivity index is 1.93. The molecule has 0 saturated carbocycles. The van der Waals surface area contributed by atoms with E-state index in [2.05, 4.69) is 4.98 Å². The number of H-pyrrole nitrogens is 1. The normalized spacial score (nSPS) is 21.3. The summed E-state index contributed by atoms with van der Waals surface area (Å²) in [4.78, 5) is 25.3. The quantitative estimate of drug-likeness (QED) is 0.599. The molecular formula is C13H18N2O6P+. The molecule has 1 aromatic rings. The van der Waals surface area contributed by atoms with Crippen LogP contribution in [0.15, 0.2) is 27.9 Å². The summed E-state index contributed by atoms with van der Waals surface area (Å²) in [6.07, 6.45) is 4.50. The second-order valence-electron chi connectivity index (χ2n) is 4.78. The van der Waals surface area contributed by atoms with Gasteiger partial charge in [0.1, 0.15) is 19.3 Å². The van der Waals surface area contributed by atoms with Crippen molar-refractivity contribution in [2.75, 3.05) is 13.2 Å². The van der Waals surface area contributed by atoms with Gasteiger partial charge in [-0.3, -0.25) is 14.3 Å². The number of hydrogen-bond donors (Lipinski definition) is 1. The minimum Gasteiger partial charge on any atom is -0.344 e. The number of nitrogens with one attached hydrogen (secondary N) is 1. The van der Waals surface area contributed by atoms with Gasteiger partial charge in [0.25, 0.3) is 5.56 Å². The first-order chi connectivity index (χ1) is 10.5. The van der Waals surface area contributed by atoms with E-state index in [1.807, 2.05) is 6.92 Å². The summed E-state index contributed by atoms with van der Waals surface area (Å²) in [5.41, 5.74) is -0.565. The number of aryl methyl sites for hydroxylation is 1. The maximum absolute atomic E-state index is 11.8. The molecule has 0 aromatic carbocycles. The molecular weight excluding hydrogens is 311 g/mol. The lowest BCUT2D eigenvalue weighted by Gasteiger charge is -2.14. The number of aromatic amines is 1. The summed E-state index contributed by atoms with van der Waals surface area (Å²) in [6.45, 7) is 3.93. The van der Waals surface area contributed by atoms with E-state index < -0.39 is 31.8 Å². The van der Waals surface area contributed by atoms with Crippen LogP contribution in [-0.4, -0.2) is 28.9 Å². The molecule has 8 nitrogen and oxygen atoms in total. The molecule has 22 heavy (non-hydrogen) atoms. The van der Waals surface area contributed by atoms with Crippen LogP contribution in [0.1, 0.15) is 25.1 Å². The van der Waals surface area contributed by atoms with Crippen LogP contribution in [-0.2, 0) is 18.3 Å². The second kappa shape index (κ2) is 7.60. The van der Waals surface area contributed by atoms with Gasteiger partial charge < -0.3 is 4.74 Å². The maximum Gasteiger partial charge on any atom is 0.697 e. The van der Waals surface area contributed by atoms with Crippen molar-refractivity contribution >= 4 is 8.25 Å². The van der Waals surface area contributed by atoms with Crippen LogP contribution in [0.25, 0.3) is 0 Å². The van der Waals surface area contributed by atoms with Gasteiger partial charge in [0.2, 0.25) is 0 Å². The van der Waals surface area contributed by atoms with Crippen molar-refractivity contribution in [1.29, 1.82) is 0 Å². The molecule has 0 aliphatic carbocycles. The van der Waals surface area contributed by atoms with Crippen molar-refractivity contribution < 1.29 is 18.3 Å². The van der Waals surface area contributed by atoms with Gasteiger partial charge in [0.15, 0.2) is 6.23 Å². The lowest BCUT2D eigenvalue weighted by molar-refractivity contribution is -0.00680. The predicted molar refractivity (Wildman–Crippen MR) is 78.9 cm³/mol. The molecule has 1 aromatic heterocycles. The molecule has 1 aliphatic rings. The zero-order valence-electron chi connectivity index (χ0n) is 12.4. The van der Waals surface area contributed by atoms with Crippen LogP contribution < -0.4 is 11.2 Å². The highest BCUT2D eigenvalue weighted by molar-refractivity contribution is 7.33. The Morgan fingerprint density at radius 3 is 2.86 bits per heavy atom. The molecule has 0 saturated heterocycles. The Bertz CT molecular complexity index is 680. The van der Waals surface area contributed by atoms with E-state index in [9.17, 15) is 14.2 Å². The van der Waals surface area contributed by atoms with Crippen molar-refractivity contribution in [3.05, 3.63) is 44.8 Å². The summed E-state index contributed by atoms with van der Waals surface area (Å²) in [7, 11) is -2.17. The SMILES string of the molecule is CCCO[P+](=O)OC[C@@H]1C=C[C@H](n2cc(C)c(=O)[nH]c2=O)O1. The highest BCUT2D eigenvalue weighted by Crippen LogP contribution is 2.27. The topological polar surface area (TPSA) is 99.6 Å². The summed E-state index contributed by atoms with van der Waals surface area (Å²) in [6, 6.07) is 0. The third-order valence-electron chi connectivity index (χ3n) is 2.97. The van der Waals surface area contributed by atoms with Crippen LogP contribution in [0.2, 0.25) is 0 Å². The van der Waals surface area contributed by atoms with Crippen molar-refractivity contribution in [2.45, 2.75) is 32.6 Å². The van der Waals surface area contributed by atoms with E-state index in [0.29, 0.717) is 12.2 Å². The lowest BCUT2D eigenvalue weighted by atomic mass is 10.3. The monoisotopic (exact) mass is 329 g/mol. The molecule has 0 fully saturated rings. The predicted octanol–water partition coefficient (Wildman–Crippen LogP) is 1.40. The molecule has 2 rings (SSSR count). The summed E-state index contributed by atoms with van der Waals surface area (Å²) < 4.78 is 28.2. The van der Waals surface area contributed by atoms with Crippen LogP contribution in [0.4, 0.5) is 0 Å². The smallest absolute Gasteiger partial charge is 0.344 e. The van der Waals surface area contributed by atoms with Crippen molar-refractivity contribution in [1.82, 2.24) is 9.55 Å². The van der Waals surface area contributed by atoms with E-state index in [4.69, 9.17) is 13.8 Å². The van der Waals surface area contributed by atoms with E-state index in [0.717, 1.165) is 6.42 Å². The van der Waals surface area contributed by atoms with E-state index in [-0.39, 0.29) is 6.61 Å². The highest BCUT2D eigenvalue weighted by atomic mass is 31.1. The molecule has 120 valence electrons. The highest BCUT2D eigenvalue weighted by Gasteiger charge is 2.27.